The number of aromatic nitrogens is 2. The van der Waals surface area contributed by atoms with Crippen LogP contribution in [-0.4, -0.2) is 71.2 Å². The Morgan fingerprint density at radius 2 is 0.983 bits per heavy atom. The fraction of sp³-hybridized carbons (Fsp3) is 0.357. The van der Waals surface area contributed by atoms with E-state index in [0.29, 0.717) is 0 Å². The number of carbonyl (C=O) groups is 5. The van der Waals surface area contributed by atoms with Crippen molar-refractivity contribution in [1.82, 2.24) is 20.2 Å². The smallest absolute Gasteiger partial charge is 0.413 e. The minimum Gasteiger partial charge on any atom is -0.461 e. The van der Waals surface area contributed by atoms with Crippen LogP contribution in [0.25, 0.3) is 0 Å². The lowest BCUT2D eigenvalue weighted by molar-refractivity contribution is -0.161. The van der Waals surface area contributed by atoms with Crippen molar-refractivity contribution in [2.75, 3.05) is 18.5 Å². The number of esters is 2. The van der Waals surface area contributed by atoms with Gasteiger partial charge in [-0.25, -0.2) is 28.8 Å². The third kappa shape index (κ3) is 16.0. The Morgan fingerprint density at radius 1 is 0.576 bits per heavy atom. The zero-order valence-corrected chi connectivity index (χ0v) is 33.2. The van der Waals surface area contributed by atoms with E-state index in [0.717, 1.165) is 21.3 Å². The predicted molar refractivity (Wildman–Crippen MR) is 212 cm³/mol. The predicted octanol–water partition coefficient (Wildman–Crippen LogP) is 5.32. The maximum atomic E-state index is 13.3. The van der Waals surface area contributed by atoms with Gasteiger partial charge in [-0.3, -0.25) is 9.88 Å². The summed E-state index contributed by atoms with van der Waals surface area (Å²) in [5, 5.41) is 7.43. The fourth-order valence-electron chi connectivity index (χ4n) is 5.10. The first-order chi connectivity index (χ1) is 28.4. The summed E-state index contributed by atoms with van der Waals surface area (Å²) in [7, 11) is 0. The zero-order valence-electron chi connectivity index (χ0n) is 33.2. The molecule has 0 aliphatic carbocycles. The Morgan fingerprint density at radius 3 is 1.37 bits per heavy atom. The van der Waals surface area contributed by atoms with E-state index in [-0.39, 0.29) is 25.6 Å². The van der Waals surface area contributed by atoms with Crippen molar-refractivity contribution in [3.8, 4) is 0 Å². The van der Waals surface area contributed by atoms with E-state index < -0.39 is 85.9 Å². The van der Waals surface area contributed by atoms with Gasteiger partial charge in [0.05, 0.1) is 0 Å². The van der Waals surface area contributed by atoms with E-state index in [9.17, 15) is 28.8 Å². The first-order valence-electron chi connectivity index (χ1n) is 18.8. The van der Waals surface area contributed by atoms with Crippen LogP contribution in [-0.2, 0) is 64.6 Å². The number of carbonyl (C=O) groups excluding carboxylic acids is 5. The van der Waals surface area contributed by atoms with E-state index in [4.69, 9.17) is 28.4 Å². The standard InChI is InChI=1S/C42H49N5O12/c1-28(2)35(45-41(52)57-23-31-16-10-6-11-17-31)37(48)54-25-33(26-55-38(49)36(29(3)4)46-42(53)58-24-32-18-12-7-13-19-32)59-27-47-21-20-34(43-39(47)50)44-40(51)56-22-30-14-8-5-9-15-30/h5-21,28-29,33,35-36H,22-27H2,1-4H3,(H,45,52)(H,46,53)(H,43,44,50,51)/t35-,36-/m0/s1. The van der Waals surface area contributed by atoms with Crippen molar-refractivity contribution in [3.63, 3.8) is 0 Å². The van der Waals surface area contributed by atoms with Gasteiger partial charge in [0.1, 0.15) is 63.8 Å². The van der Waals surface area contributed by atoms with Crippen LogP contribution in [0.3, 0.4) is 0 Å². The normalized spacial score (nSPS) is 11.9. The molecule has 0 bridgehead atoms. The van der Waals surface area contributed by atoms with Gasteiger partial charge in [0.25, 0.3) is 0 Å². The lowest BCUT2D eigenvalue weighted by Crippen LogP contribution is -2.47. The molecular weight excluding hydrogens is 766 g/mol. The highest BCUT2D eigenvalue weighted by Crippen LogP contribution is 2.11. The number of nitrogens with one attached hydrogen (secondary N) is 3. The molecule has 4 rings (SSSR count). The SMILES string of the molecule is CC(C)[C@H](NC(=O)OCc1ccccc1)C(=O)OCC(COC(=O)[C@@H](NC(=O)OCc1ccccc1)C(C)C)OCn1ccc(NC(=O)OCc2ccccc2)nc1=O. The molecule has 4 aromatic rings. The second-order valence-corrected chi connectivity index (χ2v) is 13.8. The van der Waals surface area contributed by atoms with E-state index in [1.165, 1.54) is 12.3 Å². The van der Waals surface area contributed by atoms with Gasteiger partial charge < -0.3 is 39.1 Å². The number of ether oxygens (including phenoxy) is 6. The number of rotatable bonds is 20. The number of benzene rings is 3. The minimum absolute atomic E-state index is 0.00671. The molecule has 3 amide bonds. The summed E-state index contributed by atoms with van der Waals surface area (Å²) in [6.07, 6.45) is -2.35. The summed E-state index contributed by atoms with van der Waals surface area (Å²) < 4.78 is 33.7. The number of anilines is 1. The first-order valence-corrected chi connectivity index (χ1v) is 18.8. The fourth-order valence-corrected chi connectivity index (χ4v) is 5.10. The molecule has 1 aromatic heterocycles. The molecule has 2 atom stereocenters. The molecule has 0 radical (unpaired) electrons. The van der Waals surface area contributed by atoms with Gasteiger partial charge in [-0.05, 0) is 34.6 Å². The molecule has 0 saturated carbocycles. The Labute approximate surface area is 341 Å². The summed E-state index contributed by atoms with van der Waals surface area (Å²) in [5.41, 5.74) is 1.46. The van der Waals surface area contributed by atoms with Crippen LogP contribution in [0.2, 0.25) is 0 Å². The van der Waals surface area contributed by atoms with Crippen LogP contribution in [0.4, 0.5) is 20.2 Å². The van der Waals surface area contributed by atoms with Crippen LogP contribution in [0.15, 0.2) is 108 Å². The quantitative estimate of drug-likeness (QED) is 0.0762. The van der Waals surface area contributed by atoms with Crippen LogP contribution in [0.1, 0.15) is 44.4 Å². The number of hydrogen-bond acceptors (Lipinski definition) is 13. The molecule has 59 heavy (non-hydrogen) atoms. The molecule has 17 heteroatoms. The highest BCUT2D eigenvalue weighted by atomic mass is 16.6. The summed E-state index contributed by atoms with van der Waals surface area (Å²) in [4.78, 5) is 80.7. The topological polar surface area (TPSA) is 212 Å². The molecule has 0 spiro atoms. The van der Waals surface area contributed by atoms with Crippen LogP contribution in [0, 0.1) is 11.8 Å². The van der Waals surface area contributed by atoms with Gasteiger partial charge in [0, 0.05) is 6.20 Å². The maximum Gasteiger partial charge on any atom is 0.413 e. The lowest BCUT2D eigenvalue weighted by Gasteiger charge is -2.24. The monoisotopic (exact) mass is 815 g/mol. The Kier molecular flexibility index (Phi) is 17.9. The van der Waals surface area contributed by atoms with Crippen molar-refractivity contribution < 1.29 is 52.4 Å². The second kappa shape index (κ2) is 23.5. The Balaban J connectivity index is 1.38. The Hall–Kier alpha value is -6.75. The van der Waals surface area contributed by atoms with Crippen molar-refractivity contribution in [3.05, 3.63) is 130 Å². The average molecular weight is 816 g/mol. The van der Waals surface area contributed by atoms with E-state index in [1.54, 1.807) is 100 Å². The molecule has 1 heterocycles. The first kappa shape index (κ1) is 45.0. The van der Waals surface area contributed by atoms with E-state index in [1.807, 2.05) is 18.2 Å². The Bertz CT molecular complexity index is 1930. The third-order valence-electron chi connectivity index (χ3n) is 8.40. The van der Waals surface area contributed by atoms with Gasteiger partial charge in [-0.15, -0.1) is 0 Å². The van der Waals surface area contributed by atoms with Crippen LogP contribution < -0.4 is 21.6 Å². The van der Waals surface area contributed by atoms with E-state index >= 15 is 0 Å². The van der Waals surface area contributed by atoms with Crippen molar-refractivity contribution in [1.29, 1.82) is 0 Å². The van der Waals surface area contributed by atoms with Gasteiger partial charge >= 0.3 is 35.9 Å². The summed E-state index contributed by atoms with van der Waals surface area (Å²) in [6.45, 7) is 5.35. The van der Waals surface area contributed by atoms with Gasteiger partial charge in [-0.2, -0.15) is 4.98 Å². The van der Waals surface area contributed by atoms with Gasteiger partial charge in [0.2, 0.25) is 0 Å². The second-order valence-electron chi connectivity index (χ2n) is 13.8. The van der Waals surface area contributed by atoms with E-state index in [2.05, 4.69) is 20.9 Å². The molecule has 17 nitrogen and oxygen atoms in total. The zero-order chi connectivity index (χ0) is 42.6. The highest BCUT2D eigenvalue weighted by molar-refractivity contribution is 5.83. The van der Waals surface area contributed by atoms with Crippen LogP contribution >= 0.6 is 0 Å². The number of amides is 3. The minimum atomic E-state index is -1.16. The maximum absolute atomic E-state index is 13.3. The summed E-state index contributed by atoms with van der Waals surface area (Å²) in [6, 6.07) is 26.1. The van der Waals surface area contributed by atoms with Crippen molar-refractivity contribution >= 4 is 36.0 Å². The van der Waals surface area contributed by atoms with Gasteiger partial charge in [0.15, 0.2) is 0 Å². The lowest BCUT2D eigenvalue weighted by atomic mass is 10.1. The summed E-state index contributed by atoms with van der Waals surface area (Å²) >= 11 is 0. The molecule has 314 valence electrons. The van der Waals surface area contributed by atoms with Crippen molar-refractivity contribution in [2.24, 2.45) is 11.8 Å². The molecule has 0 aliphatic rings. The van der Waals surface area contributed by atoms with Crippen molar-refractivity contribution in [2.45, 2.75) is 72.4 Å². The number of hydrogen-bond donors (Lipinski definition) is 3. The molecule has 0 aliphatic heterocycles. The molecule has 3 N–H and O–H groups in total. The highest BCUT2D eigenvalue weighted by Gasteiger charge is 2.30. The van der Waals surface area contributed by atoms with Crippen LogP contribution in [0.5, 0.6) is 0 Å². The molecule has 3 aromatic carbocycles. The molecule has 0 unspecified atom stereocenters. The number of alkyl carbamates (subject to hydrolysis) is 2. The molecular formula is C42H49N5O12. The average Bonchev–Trinajstić information content (AvgIpc) is 3.23. The molecule has 0 fully saturated rings. The number of nitrogens with zero attached hydrogens (tertiary/aromatic N) is 2. The largest absolute Gasteiger partial charge is 0.461 e. The summed E-state index contributed by atoms with van der Waals surface area (Å²) in [5.74, 6) is -2.57. The molecule has 0 saturated heterocycles. The third-order valence-corrected chi connectivity index (χ3v) is 8.40. The van der Waals surface area contributed by atoms with Gasteiger partial charge in [-0.1, -0.05) is 119 Å².